The Morgan fingerprint density at radius 1 is 1.53 bits per heavy atom. The molecule has 1 fully saturated rings. The summed E-state index contributed by atoms with van der Waals surface area (Å²) >= 11 is 0. The van der Waals surface area contributed by atoms with Crippen LogP contribution >= 0.6 is 0 Å². The summed E-state index contributed by atoms with van der Waals surface area (Å²) in [5.74, 6) is -0.151. The van der Waals surface area contributed by atoms with Gasteiger partial charge in [0, 0.05) is 26.8 Å². The normalized spacial score (nSPS) is 25.3. The van der Waals surface area contributed by atoms with Crippen LogP contribution in [0.15, 0.2) is 0 Å². The molecule has 15 heavy (non-hydrogen) atoms. The lowest BCUT2D eigenvalue weighted by Gasteiger charge is -2.15. The van der Waals surface area contributed by atoms with Crippen molar-refractivity contribution in [3.05, 3.63) is 0 Å². The Bertz CT molecular complexity index is 262. The maximum absolute atomic E-state index is 11.4. The average molecular weight is 212 g/mol. The molecule has 0 N–H and O–H groups in total. The summed E-state index contributed by atoms with van der Waals surface area (Å²) < 4.78 is 10.7. The highest BCUT2D eigenvalue weighted by Crippen LogP contribution is 2.16. The van der Waals surface area contributed by atoms with E-state index in [-0.39, 0.29) is 24.5 Å². The van der Waals surface area contributed by atoms with Gasteiger partial charge < -0.3 is 14.4 Å². The van der Waals surface area contributed by atoms with E-state index in [2.05, 4.69) is 0 Å². The zero-order valence-corrected chi connectivity index (χ0v) is 9.10. The first kappa shape index (κ1) is 12.0. The second-order valence-electron chi connectivity index (χ2n) is 3.40. The Morgan fingerprint density at radius 2 is 2.20 bits per heavy atom. The van der Waals surface area contributed by atoms with E-state index in [1.165, 1.54) is 0 Å². The number of methoxy groups -OCH3 is 1. The summed E-state index contributed by atoms with van der Waals surface area (Å²) in [6, 6.07) is 1.85. The van der Waals surface area contributed by atoms with Gasteiger partial charge in [0.15, 0.2) is 0 Å². The molecule has 1 aliphatic heterocycles. The lowest BCUT2D eigenvalue weighted by molar-refractivity contribution is -0.129. The first-order valence-corrected chi connectivity index (χ1v) is 5.02. The lowest BCUT2D eigenvalue weighted by Crippen LogP contribution is -2.29. The van der Waals surface area contributed by atoms with Crippen molar-refractivity contribution in [2.24, 2.45) is 0 Å². The third-order valence-electron chi connectivity index (χ3n) is 2.48. The summed E-state index contributed by atoms with van der Waals surface area (Å²) in [6.45, 7) is 3.55. The van der Waals surface area contributed by atoms with Crippen LogP contribution in [0.1, 0.15) is 13.3 Å². The molecule has 5 nitrogen and oxygen atoms in total. The molecule has 1 amide bonds. The summed E-state index contributed by atoms with van der Waals surface area (Å²) in [5, 5.41) is 8.43. The number of ether oxygens (including phenoxy) is 2. The molecule has 1 saturated heterocycles. The number of carbonyl (C=O) groups excluding carboxylic acids is 1. The van der Waals surface area contributed by atoms with E-state index in [0.717, 1.165) is 0 Å². The van der Waals surface area contributed by atoms with Crippen LogP contribution in [-0.2, 0) is 14.3 Å². The second-order valence-corrected chi connectivity index (χ2v) is 3.40. The number of likely N-dealkylation sites (tertiary alicyclic amines) is 1. The molecule has 0 saturated carbocycles. The van der Waals surface area contributed by atoms with Crippen molar-refractivity contribution in [3.63, 3.8) is 0 Å². The Labute approximate surface area is 89.6 Å². The Morgan fingerprint density at radius 3 is 2.73 bits per heavy atom. The molecule has 0 radical (unpaired) electrons. The highest BCUT2D eigenvalue weighted by Gasteiger charge is 2.35. The summed E-state index contributed by atoms with van der Waals surface area (Å²) in [7, 11) is 1.61. The fraction of sp³-hybridized carbons (Fsp3) is 0.800. The van der Waals surface area contributed by atoms with E-state index >= 15 is 0 Å². The molecule has 84 valence electrons. The largest absolute Gasteiger partial charge is 0.377 e. The van der Waals surface area contributed by atoms with Crippen molar-refractivity contribution in [3.8, 4) is 6.07 Å². The SMILES string of the molecule is CCOC1CN(C(=O)CC#N)CC1OC. The molecule has 1 rings (SSSR count). The Kier molecular flexibility index (Phi) is 4.53. The first-order valence-electron chi connectivity index (χ1n) is 5.02. The number of nitriles is 1. The molecule has 0 spiro atoms. The highest BCUT2D eigenvalue weighted by atomic mass is 16.5. The van der Waals surface area contributed by atoms with Crippen LogP contribution in [0.2, 0.25) is 0 Å². The topological polar surface area (TPSA) is 62.6 Å². The van der Waals surface area contributed by atoms with Crippen molar-refractivity contribution in [1.82, 2.24) is 4.90 Å². The van der Waals surface area contributed by atoms with Gasteiger partial charge in [0.2, 0.25) is 5.91 Å². The van der Waals surface area contributed by atoms with Crippen LogP contribution in [-0.4, -0.2) is 49.8 Å². The minimum Gasteiger partial charge on any atom is -0.377 e. The van der Waals surface area contributed by atoms with E-state index in [4.69, 9.17) is 14.7 Å². The van der Waals surface area contributed by atoms with Gasteiger partial charge in [-0.3, -0.25) is 4.79 Å². The van der Waals surface area contributed by atoms with Gasteiger partial charge in [-0.2, -0.15) is 5.26 Å². The lowest BCUT2D eigenvalue weighted by atomic mass is 10.2. The summed E-state index contributed by atoms with van der Waals surface area (Å²) in [6.07, 6.45) is -0.217. The summed E-state index contributed by atoms with van der Waals surface area (Å²) in [4.78, 5) is 13.1. The number of nitrogens with zero attached hydrogens (tertiary/aromatic N) is 2. The molecule has 1 heterocycles. The van der Waals surface area contributed by atoms with Crippen molar-refractivity contribution in [2.75, 3.05) is 26.8 Å². The van der Waals surface area contributed by atoms with Gasteiger partial charge in [-0.15, -0.1) is 0 Å². The molecule has 5 heteroatoms. The third kappa shape index (κ3) is 2.91. The monoisotopic (exact) mass is 212 g/mol. The fourth-order valence-electron chi connectivity index (χ4n) is 1.73. The minimum absolute atomic E-state index is 0.0670. The summed E-state index contributed by atoms with van der Waals surface area (Å²) in [5.41, 5.74) is 0. The highest BCUT2D eigenvalue weighted by molar-refractivity contribution is 5.78. The van der Waals surface area contributed by atoms with E-state index < -0.39 is 0 Å². The van der Waals surface area contributed by atoms with E-state index in [9.17, 15) is 4.79 Å². The molecule has 0 aromatic carbocycles. The fourth-order valence-corrected chi connectivity index (χ4v) is 1.73. The van der Waals surface area contributed by atoms with Gasteiger partial charge in [-0.25, -0.2) is 0 Å². The van der Waals surface area contributed by atoms with Crippen molar-refractivity contribution < 1.29 is 14.3 Å². The van der Waals surface area contributed by atoms with Crippen LogP contribution in [0.25, 0.3) is 0 Å². The van der Waals surface area contributed by atoms with Crippen LogP contribution in [0.3, 0.4) is 0 Å². The Hall–Kier alpha value is -1.12. The maximum Gasteiger partial charge on any atom is 0.236 e. The molecule has 0 aliphatic carbocycles. The van der Waals surface area contributed by atoms with Gasteiger partial charge in [-0.1, -0.05) is 0 Å². The smallest absolute Gasteiger partial charge is 0.236 e. The number of hydrogen-bond acceptors (Lipinski definition) is 4. The van der Waals surface area contributed by atoms with Crippen molar-refractivity contribution in [2.45, 2.75) is 25.6 Å². The van der Waals surface area contributed by atoms with Gasteiger partial charge in [0.1, 0.15) is 18.6 Å². The maximum atomic E-state index is 11.4. The standard InChI is InChI=1S/C10H16N2O3/c1-3-15-9-7-12(6-8(9)14-2)10(13)4-5-11/h8-9H,3-4,6-7H2,1-2H3. The van der Waals surface area contributed by atoms with Crippen LogP contribution in [0.4, 0.5) is 0 Å². The predicted octanol–water partition coefficient (Wildman–Crippen LogP) is 0.162. The number of hydrogen-bond donors (Lipinski definition) is 0. The van der Waals surface area contributed by atoms with Gasteiger partial charge in [0.25, 0.3) is 0 Å². The zero-order valence-electron chi connectivity index (χ0n) is 9.10. The van der Waals surface area contributed by atoms with Crippen LogP contribution < -0.4 is 0 Å². The molecule has 2 atom stereocenters. The molecule has 0 aromatic rings. The predicted molar refractivity (Wildman–Crippen MR) is 53.0 cm³/mol. The molecular weight excluding hydrogens is 196 g/mol. The van der Waals surface area contributed by atoms with Crippen molar-refractivity contribution in [1.29, 1.82) is 5.26 Å². The number of amides is 1. The molecule has 1 aliphatic rings. The molecule has 0 aromatic heterocycles. The second kappa shape index (κ2) is 5.69. The number of carbonyl (C=O) groups is 1. The Balaban J connectivity index is 2.52. The zero-order chi connectivity index (χ0) is 11.3. The number of rotatable bonds is 4. The van der Waals surface area contributed by atoms with Crippen LogP contribution in [0, 0.1) is 11.3 Å². The van der Waals surface area contributed by atoms with Crippen LogP contribution in [0.5, 0.6) is 0 Å². The third-order valence-corrected chi connectivity index (χ3v) is 2.48. The van der Waals surface area contributed by atoms with Gasteiger partial charge in [-0.05, 0) is 6.92 Å². The van der Waals surface area contributed by atoms with E-state index in [1.807, 2.05) is 13.0 Å². The molecule has 0 bridgehead atoms. The average Bonchev–Trinajstić information content (AvgIpc) is 2.62. The quantitative estimate of drug-likeness (QED) is 0.666. The van der Waals surface area contributed by atoms with E-state index in [1.54, 1.807) is 12.0 Å². The van der Waals surface area contributed by atoms with Gasteiger partial charge in [0.05, 0.1) is 6.07 Å². The van der Waals surface area contributed by atoms with Crippen molar-refractivity contribution >= 4 is 5.91 Å². The van der Waals surface area contributed by atoms with E-state index in [0.29, 0.717) is 19.7 Å². The molecule has 2 unspecified atom stereocenters. The first-order chi connectivity index (χ1) is 7.22. The van der Waals surface area contributed by atoms with Gasteiger partial charge >= 0.3 is 0 Å². The molecular formula is C10H16N2O3. The minimum atomic E-state index is -0.151.